The number of furan rings is 1. The molecule has 6 nitrogen and oxygen atoms in total. The highest BCUT2D eigenvalue weighted by Gasteiger charge is 2.49. The Morgan fingerprint density at radius 3 is 2.95 bits per heavy atom. The average Bonchev–Trinajstić information content (AvgIpc) is 3.06. The summed E-state index contributed by atoms with van der Waals surface area (Å²) < 4.78 is 4.93. The predicted molar refractivity (Wildman–Crippen MR) is 72.2 cm³/mol. The maximum atomic E-state index is 12.3. The Hall–Kier alpha value is -1.98. The lowest BCUT2D eigenvalue weighted by Crippen LogP contribution is -2.55. The minimum absolute atomic E-state index is 0.320. The van der Waals surface area contributed by atoms with Crippen LogP contribution in [0.1, 0.15) is 38.2 Å². The first-order valence-corrected chi connectivity index (χ1v) is 6.90. The van der Waals surface area contributed by atoms with E-state index in [-0.39, 0.29) is 6.03 Å². The maximum absolute atomic E-state index is 12.3. The molecule has 0 saturated carbocycles. The molecule has 2 rings (SSSR count). The molecule has 0 radical (unpaired) electrons. The number of amides is 2. The third kappa shape index (κ3) is 2.64. The van der Waals surface area contributed by atoms with Crippen molar-refractivity contribution in [3.05, 3.63) is 24.2 Å². The van der Waals surface area contributed by atoms with Crippen molar-refractivity contribution in [3.8, 4) is 0 Å². The summed E-state index contributed by atoms with van der Waals surface area (Å²) in [6, 6.07) is 1.44. The Morgan fingerprint density at radius 1 is 1.55 bits per heavy atom. The molecule has 2 heterocycles. The third-order valence-electron chi connectivity index (χ3n) is 3.82. The van der Waals surface area contributed by atoms with Crippen LogP contribution in [0.15, 0.2) is 23.0 Å². The van der Waals surface area contributed by atoms with E-state index in [4.69, 9.17) is 4.42 Å². The van der Waals surface area contributed by atoms with Crippen LogP contribution in [0.3, 0.4) is 0 Å². The minimum atomic E-state index is -1.05. The van der Waals surface area contributed by atoms with E-state index in [1.54, 1.807) is 12.3 Å². The van der Waals surface area contributed by atoms with E-state index in [0.29, 0.717) is 25.9 Å². The van der Waals surface area contributed by atoms with Gasteiger partial charge >= 0.3 is 12.0 Å². The highest BCUT2D eigenvalue weighted by molar-refractivity contribution is 5.87. The number of nitrogens with zero attached hydrogens (tertiary/aromatic N) is 1. The van der Waals surface area contributed by atoms with Crippen LogP contribution in [0.2, 0.25) is 0 Å². The van der Waals surface area contributed by atoms with E-state index in [1.807, 2.05) is 6.92 Å². The molecule has 2 N–H and O–H groups in total. The quantitative estimate of drug-likeness (QED) is 0.866. The van der Waals surface area contributed by atoms with Gasteiger partial charge in [0.2, 0.25) is 0 Å². The molecule has 0 aliphatic carbocycles. The topological polar surface area (TPSA) is 82.8 Å². The van der Waals surface area contributed by atoms with Crippen molar-refractivity contribution in [2.24, 2.45) is 0 Å². The van der Waals surface area contributed by atoms with E-state index in [0.717, 1.165) is 18.4 Å². The Labute approximate surface area is 117 Å². The van der Waals surface area contributed by atoms with Crippen molar-refractivity contribution in [2.45, 2.75) is 44.7 Å². The first kappa shape index (κ1) is 14.4. The van der Waals surface area contributed by atoms with Crippen molar-refractivity contribution in [1.29, 1.82) is 0 Å². The van der Waals surface area contributed by atoms with E-state index >= 15 is 0 Å². The molecule has 1 unspecified atom stereocenters. The van der Waals surface area contributed by atoms with Crippen LogP contribution in [-0.4, -0.2) is 34.1 Å². The molecule has 0 spiro atoms. The highest BCUT2D eigenvalue weighted by atomic mass is 16.4. The van der Waals surface area contributed by atoms with Crippen LogP contribution >= 0.6 is 0 Å². The second-order valence-corrected chi connectivity index (χ2v) is 5.13. The number of likely N-dealkylation sites (tertiary alicyclic amines) is 1. The van der Waals surface area contributed by atoms with Crippen LogP contribution < -0.4 is 5.32 Å². The van der Waals surface area contributed by atoms with Gasteiger partial charge in [-0.05, 0) is 25.3 Å². The number of carboxylic acids is 1. The molecule has 1 aromatic rings. The van der Waals surface area contributed by atoms with E-state index in [1.165, 1.54) is 11.2 Å². The number of rotatable bonds is 5. The van der Waals surface area contributed by atoms with Gasteiger partial charge in [0, 0.05) is 18.7 Å². The van der Waals surface area contributed by atoms with E-state index in [2.05, 4.69) is 5.32 Å². The lowest BCUT2D eigenvalue weighted by molar-refractivity contribution is -0.148. The molecule has 20 heavy (non-hydrogen) atoms. The summed E-state index contributed by atoms with van der Waals surface area (Å²) in [6.07, 6.45) is 5.57. The summed E-state index contributed by atoms with van der Waals surface area (Å²) in [5.74, 6) is -0.907. The smallest absolute Gasteiger partial charge is 0.329 e. The Morgan fingerprint density at radius 2 is 2.35 bits per heavy atom. The fourth-order valence-electron chi connectivity index (χ4n) is 2.84. The lowest BCUT2D eigenvalue weighted by atomic mass is 9.91. The first-order chi connectivity index (χ1) is 9.60. The van der Waals surface area contributed by atoms with Gasteiger partial charge in [-0.3, -0.25) is 0 Å². The molecular formula is C14H20N2O4. The fourth-order valence-corrected chi connectivity index (χ4v) is 2.84. The van der Waals surface area contributed by atoms with Crippen molar-refractivity contribution in [1.82, 2.24) is 10.2 Å². The molecule has 1 aliphatic heterocycles. The van der Waals surface area contributed by atoms with Crippen molar-refractivity contribution < 1.29 is 19.1 Å². The number of carbonyl (C=O) groups excluding carboxylic acids is 1. The number of carbonyl (C=O) groups is 2. The maximum Gasteiger partial charge on any atom is 0.329 e. The van der Waals surface area contributed by atoms with E-state index in [9.17, 15) is 14.7 Å². The number of hydrogen-bond donors (Lipinski definition) is 2. The lowest BCUT2D eigenvalue weighted by Gasteiger charge is -2.34. The highest BCUT2D eigenvalue weighted by Crippen LogP contribution is 2.34. The van der Waals surface area contributed by atoms with Gasteiger partial charge in [-0.15, -0.1) is 0 Å². The summed E-state index contributed by atoms with van der Waals surface area (Å²) in [6.45, 7) is 2.77. The van der Waals surface area contributed by atoms with Gasteiger partial charge < -0.3 is 19.7 Å². The van der Waals surface area contributed by atoms with Crippen molar-refractivity contribution >= 4 is 12.0 Å². The van der Waals surface area contributed by atoms with Crippen LogP contribution in [0.5, 0.6) is 0 Å². The molecule has 0 aromatic carbocycles. The zero-order valence-electron chi connectivity index (χ0n) is 11.6. The summed E-state index contributed by atoms with van der Waals surface area (Å²) in [7, 11) is 0. The summed E-state index contributed by atoms with van der Waals surface area (Å²) in [5.41, 5.74) is -0.191. The molecule has 1 aliphatic rings. The second-order valence-electron chi connectivity index (χ2n) is 5.13. The van der Waals surface area contributed by atoms with Gasteiger partial charge in [0.05, 0.1) is 12.5 Å². The largest absolute Gasteiger partial charge is 0.479 e. The number of carboxylic acid groups (broad SMARTS) is 1. The molecule has 110 valence electrons. The molecular weight excluding hydrogens is 260 g/mol. The molecule has 2 amide bonds. The Balaban J connectivity index is 2.05. The van der Waals surface area contributed by atoms with Gasteiger partial charge in [0.15, 0.2) is 0 Å². The Kier molecular flexibility index (Phi) is 4.32. The number of nitrogens with one attached hydrogen (secondary N) is 1. The average molecular weight is 280 g/mol. The van der Waals surface area contributed by atoms with Crippen molar-refractivity contribution in [3.63, 3.8) is 0 Å². The molecule has 1 saturated heterocycles. The van der Waals surface area contributed by atoms with Crippen LogP contribution in [0.25, 0.3) is 0 Å². The molecule has 0 bridgehead atoms. The van der Waals surface area contributed by atoms with Crippen LogP contribution in [0.4, 0.5) is 4.79 Å². The van der Waals surface area contributed by atoms with Gasteiger partial charge in [0.1, 0.15) is 5.54 Å². The van der Waals surface area contributed by atoms with Gasteiger partial charge in [-0.2, -0.15) is 0 Å². The first-order valence-electron chi connectivity index (χ1n) is 6.90. The summed E-state index contributed by atoms with van der Waals surface area (Å²) in [4.78, 5) is 25.4. The van der Waals surface area contributed by atoms with Gasteiger partial charge in [-0.1, -0.05) is 13.3 Å². The SMILES string of the molecule is CCCC1(C(=O)O)CCCN1C(=O)NCc1ccoc1. The number of aliphatic carboxylic acids is 1. The molecule has 1 aromatic heterocycles. The predicted octanol–water partition coefficient (Wildman–Crippen LogP) is 2.21. The van der Waals surface area contributed by atoms with Crippen LogP contribution in [-0.2, 0) is 11.3 Å². The monoisotopic (exact) mass is 280 g/mol. The zero-order valence-corrected chi connectivity index (χ0v) is 11.6. The standard InChI is InChI=1S/C14H20N2O4/c1-2-5-14(12(17)18)6-3-7-16(14)13(19)15-9-11-4-8-20-10-11/h4,8,10H,2-3,5-7,9H2,1H3,(H,15,19)(H,17,18). The normalized spacial score (nSPS) is 21.9. The van der Waals surface area contributed by atoms with E-state index < -0.39 is 11.5 Å². The summed E-state index contributed by atoms with van der Waals surface area (Å²) >= 11 is 0. The zero-order chi connectivity index (χ0) is 14.6. The van der Waals surface area contributed by atoms with Crippen molar-refractivity contribution in [2.75, 3.05) is 6.54 Å². The summed E-state index contributed by atoms with van der Waals surface area (Å²) in [5, 5.41) is 12.3. The molecule has 1 fully saturated rings. The number of hydrogen-bond acceptors (Lipinski definition) is 3. The fraction of sp³-hybridized carbons (Fsp3) is 0.571. The minimum Gasteiger partial charge on any atom is -0.479 e. The second kappa shape index (κ2) is 5.98. The van der Waals surface area contributed by atoms with Crippen LogP contribution in [0, 0.1) is 0 Å². The van der Waals surface area contributed by atoms with Gasteiger partial charge in [-0.25, -0.2) is 9.59 Å². The molecule has 6 heteroatoms. The number of urea groups is 1. The third-order valence-corrected chi connectivity index (χ3v) is 3.82. The van der Waals surface area contributed by atoms with Gasteiger partial charge in [0.25, 0.3) is 0 Å². The molecule has 1 atom stereocenters. The Bertz CT molecular complexity index is 472.